The van der Waals surface area contributed by atoms with Crippen molar-refractivity contribution in [1.82, 2.24) is 5.32 Å². The lowest BCUT2D eigenvalue weighted by molar-refractivity contribution is 0.0877. The van der Waals surface area contributed by atoms with Gasteiger partial charge in [-0.2, -0.15) is 0 Å². The number of rotatable bonds is 11. The van der Waals surface area contributed by atoms with E-state index in [0.717, 1.165) is 38.1 Å². The van der Waals surface area contributed by atoms with Gasteiger partial charge in [-0.1, -0.05) is 34.1 Å². The van der Waals surface area contributed by atoms with Gasteiger partial charge in [-0.15, -0.1) is 0 Å². The molecule has 0 spiro atoms. The Bertz CT molecular complexity index is 213. The van der Waals surface area contributed by atoms with E-state index in [0.29, 0.717) is 5.41 Å². The Hall–Kier alpha value is -0.0800. The highest BCUT2D eigenvalue weighted by molar-refractivity contribution is 4.92. The second-order valence-electron chi connectivity index (χ2n) is 6.67. The van der Waals surface area contributed by atoms with E-state index in [1.807, 2.05) is 0 Å². The molecule has 1 aliphatic rings. The van der Waals surface area contributed by atoms with Crippen LogP contribution in [0.15, 0.2) is 0 Å². The average molecular weight is 255 g/mol. The molecule has 1 rings (SSSR count). The molecule has 0 radical (unpaired) electrons. The third kappa shape index (κ3) is 6.19. The largest absolute Gasteiger partial charge is 0.381 e. The van der Waals surface area contributed by atoms with Crippen molar-refractivity contribution in [3.05, 3.63) is 0 Å². The Morgan fingerprint density at radius 1 is 1.28 bits per heavy atom. The maximum Gasteiger partial charge on any atom is 0.0471 e. The molecular formula is C16H33NO. The lowest BCUT2D eigenvalue weighted by Crippen LogP contribution is -2.36. The molecule has 1 N–H and O–H groups in total. The Labute approximate surface area is 114 Å². The molecule has 1 aliphatic carbocycles. The second kappa shape index (κ2) is 8.16. The van der Waals surface area contributed by atoms with Crippen LogP contribution < -0.4 is 5.32 Å². The summed E-state index contributed by atoms with van der Waals surface area (Å²) in [5.74, 6) is 1.68. The summed E-state index contributed by atoms with van der Waals surface area (Å²) in [5, 5.41) is 3.64. The molecule has 1 saturated carbocycles. The van der Waals surface area contributed by atoms with Gasteiger partial charge in [0.15, 0.2) is 0 Å². The zero-order chi connectivity index (χ0) is 13.4. The summed E-state index contributed by atoms with van der Waals surface area (Å²) < 4.78 is 5.75. The molecule has 1 unspecified atom stereocenters. The minimum absolute atomic E-state index is 0.459. The lowest BCUT2D eigenvalue weighted by atomic mass is 9.81. The maximum absolute atomic E-state index is 5.75. The van der Waals surface area contributed by atoms with E-state index in [9.17, 15) is 0 Å². The van der Waals surface area contributed by atoms with Crippen molar-refractivity contribution < 1.29 is 4.74 Å². The predicted molar refractivity (Wildman–Crippen MR) is 78.9 cm³/mol. The van der Waals surface area contributed by atoms with Crippen LogP contribution in [0.2, 0.25) is 0 Å². The number of ether oxygens (including phenoxy) is 1. The van der Waals surface area contributed by atoms with Crippen LogP contribution in [0.5, 0.6) is 0 Å². The van der Waals surface area contributed by atoms with Crippen molar-refractivity contribution in [3.63, 3.8) is 0 Å². The van der Waals surface area contributed by atoms with Crippen LogP contribution in [0.3, 0.4) is 0 Å². The fourth-order valence-electron chi connectivity index (χ4n) is 2.52. The van der Waals surface area contributed by atoms with Gasteiger partial charge in [0.05, 0.1) is 0 Å². The minimum Gasteiger partial charge on any atom is -0.381 e. The molecule has 0 amide bonds. The fraction of sp³-hybridized carbons (Fsp3) is 1.00. The van der Waals surface area contributed by atoms with Crippen LogP contribution >= 0.6 is 0 Å². The molecule has 0 aromatic rings. The third-order valence-corrected chi connectivity index (χ3v) is 4.10. The molecule has 2 nitrogen and oxygen atoms in total. The van der Waals surface area contributed by atoms with Gasteiger partial charge in [0.2, 0.25) is 0 Å². The number of unbranched alkanes of at least 4 members (excludes halogenated alkanes) is 1. The Morgan fingerprint density at radius 3 is 2.56 bits per heavy atom. The third-order valence-electron chi connectivity index (χ3n) is 4.10. The predicted octanol–water partition coefficient (Wildman–Crippen LogP) is 3.86. The molecule has 0 saturated heterocycles. The molecule has 108 valence electrons. The van der Waals surface area contributed by atoms with Crippen molar-refractivity contribution in [1.29, 1.82) is 0 Å². The summed E-state index contributed by atoms with van der Waals surface area (Å²) in [6.07, 6.45) is 6.50. The molecule has 1 fully saturated rings. The first-order valence-electron chi connectivity index (χ1n) is 7.87. The van der Waals surface area contributed by atoms with Crippen LogP contribution in [0, 0.1) is 17.3 Å². The van der Waals surface area contributed by atoms with E-state index in [1.54, 1.807) is 0 Å². The quantitative estimate of drug-likeness (QED) is 0.566. The van der Waals surface area contributed by atoms with Crippen molar-refractivity contribution in [2.45, 2.75) is 59.8 Å². The standard InChI is InChI=1S/C16H33NO/c1-5-6-10-18-11-9-16(4,15-7-8-15)13-17-12-14(2)3/h14-15,17H,5-13H2,1-4H3. The van der Waals surface area contributed by atoms with E-state index < -0.39 is 0 Å². The van der Waals surface area contributed by atoms with Gasteiger partial charge in [-0.05, 0) is 49.5 Å². The highest BCUT2D eigenvalue weighted by Crippen LogP contribution is 2.47. The number of hydrogen-bond donors (Lipinski definition) is 1. The maximum atomic E-state index is 5.75. The van der Waals surface area contributed by atoms with Crippen LogP contribution in [0.25, 0.3) is 0 Å². The molecule has 0 aliphatic heterocycles. The SMILES string of the molecule is CCCCOCCC(C)(CNCC(C)C)C1CC1. The summed E-state index contributed by atoms with van der Waals surface area (Å²) in [6.45, 7) is 13.4. The van der Waals surface area contributed by atoms with Crippen molar-refractivity contribution >= 4 is 0 Å². The fourth-order valence-corrected chi connectivity index (χ4v) is 2.52. The molecular weight excluding hydrogens is 222 g/mol. The van der Waals surface area contributed by atoms with Gasteiger partial charge in [0.25, 0.3) is 0 Å². The second-order valence-corrected chi connectivity index (χ2v) is 6.67. The summed E-state index contributed by atoms with van der Waals surface area (Å²) in [5.41, 5.74) is 0.459. The Morgan fingerprint density at radius 2 is 2.00 bits per heavy atom. The van der Waals surface area contributed by atoms with Gasteiger partial charge in [0, 0.05) is 19.8 Å². The summed E-state index contributed by atoms with van der Waals surface area (Å²) >= 11 is 0. The van der Waals surface area contributed by atoms with Crippen LogP contribution in [0.1, 0.15) is 59.8 Å². The first kappa shape index (κ1) is 16.0. The molecule has 0 bridgehead atoms. The first-order valence-corrected chi connectivity index (χ1v) is 7.87. The highest BCUT2D eigenvalue weighted by atomic mass is 16.5. The Balaban J connectivity index is 2.20. The van der Waals surface area contributed by atoms with E-state index in [-0.39, 0.29) is 0 Å². The van der Waals surface area contributed by atoms with Gasteiger partial charge in [-0.25, -0.2) is 0 Å². The normalized spacial score (nSPS) is 19.2. The van der Waals surface area contributed by atoms with Crippen molar-refractivity contribution in [2.24, 2.45) is 17.3 Å². The van der Waals surface area contributed by atoms with Crippen LogP contribution in [-0.4, -0.2) is 26.3 Å². The van der Waals surface area contributed by atoms with E-state index in [4.69, 9.17) is 4.74 Å². The van der Waals surface area contributed by atoms with Gasteiger partial charge >= 0.3 is 0 Å². The molecule has 1 atom stereocenters. The summed E-state index contributed by atoms with van der Waals surface area (Å²) in [7, 11) is 0. The zero-order valence-corrected chi connectivity index (χ0v) is 12.9. The molecule has 2 heteroatoms. The molecule has 0 aromatic heterocycles. The molecule has 0 heterocycles. The highest BCUT2D eigenvalue weighted by Gasteiger charge is 2.40. The molecule has 0 aromatic carbocycles. The topological polar surface area (TPSA) is 21.3 Å². The summed E-state index contributed by atoms with van der Waals surface area (Å²) in [6, 6.07) is 0. The van der Waals surface area contributed by atoms with Crippen LogP contribution in [-0.2, 0) is 4.74 Å². The monoisotopic (exact) mass is 255 g/mol. The van der Waals surface area contributed by atoms with Crippen molar-refractivity contribution in [3.8, 4) is 0 Å². The summed E-state index contributed by atoms with van der Waals surface area (Å²) in [4.78, 5) is 0. The number of nitrogens with one attached hydrogen (secondary N) is 1. The Kier molecular flexibility index (Phi) is 7.25. The van der Waals surface area contributed by atoms with Crippen LogP contribution in [0.4, 0.5) is 0 Å². The number of hydrogen-bond acceptors (Lipinski definition) is 2. The zero-order valence-electron chi connectivity index (χ0n) is 12.9. The lowest BCUT2D eigenvalue weighted by Gasteiger charge is -2.30. The smallest absolute Gasteiger partial charge is 0.0471 e. The minimum atomic E-state index is 0.459. The van der Waals surface area contributed by atoms with Gasteiger partial charge in [-0.3, -0.25) is 0 Å². The van der Waals surface area contributed by atoms with Crippen molar-refractivity contribution in [2.75, 3.05) is 26.3 Å². The van der Waals surface area contributed by atoms with Gasteiger partial charge < -0.3 is 10.1 Å². The average Bonchev–Trinajstić information content (AvgIpc) is 3.12. The van der Waals surface area contributed by atoms with E-state index >= 15 is 0 Å². The van der Waals surface area contributed by atoms with E-state index in [2.05, 4.69) is 33.0 Å². The van der Waals surface area contributed by atoms with E-state index in [1.165, 1.54) is 32.1 Å². The molecule has 18 heavy (non-hydrogen) atoms. The first-order chi connectivity index (χ1) is 8.58. The van der Waals surface area contributed by atoms with Gasteiger partial charge in [0.1, 0.15) is 0 Å².